The lowest BCUT2D eigenvalue weighted by molar-refractivity contribution is 0.0696. The third kappa shape index (κ3) is 5.46. The predicted molar refractivity (Wildman–Crippen MR) is 173 cm³/mol. The fourth-order valence-corrected chi connectivity index (χ4v) is 5.92. The van der Waals surface area contributed by atoms with Gasteiger partial charge in [-0.25, -0.2) is 4.79 Å². The Morgan fingerprint density at radius 2 is 1.58 bits per heavy atom. The molecule has 45 heavy (non-hydrogen) atoms. The normalized spacial score (nSPS) is 13.2. The third-order valence-electron chi connectivity index (χ3n) is 8.54. The number of nitrogens with zero attached hydrogens (tertiary/aromatic N) is 3. The molecule has 2 heterocycles. The highest BCUT2D eigenvalue weighted by Crippen LogP contribution is 2.46. The summed E-state index contributed by atoms with van der Waals surface area (Å²) in [5.41, 5.74) is 7.55. The van der Waals surface area contributed by atoms with Crippen molar-refractivity contribution >= 4 is 22.8 Å². The van der Waals surface area contributed by atoms with Crippen molar-refractivity contribution in [1.29, 1.82) is 5.26 Å². The largest absolute Gasteiger partial charge is 0.478 e. The molecule has 2 N–H and O–H groups in total. The number of hydrogen-bond donors (Lipinski definition) is 2. The smallest absolute Gasteiger partial charge is 0.335 e. The second kappa shape index (κ2) is 11.3. The zero-order valence-corrected chi connectivity index (χ0v) is 24.3. The summed E-state index contributed by atoms with van der Waals surface area (Å²) < 4.78 is 2.10. The zero-order chi connectivity index (χ0) is 31.0. The second-order valence-corrected chi connectivity index (χ2v) is 11.5. The Labute approximate surface area is 260 Å². The van der Waals surface area contributed by atoms with E-state index in [0.717, 1.165) is 57.1 Å². The molecule has 0 aliphatic heterocycles. The van der Waals surface area contributed by atoms with Gasteiger partial charge < -0.3 is 15.0 Å². The summed E-state index contributed by atoms with van der Waals surface area (Å²) in [7, 11) is 0. The lowest BCUT2D eigenvalue weighted by Gasteiger charge is -2.20. The highest BCUT2D eigenvalue weighted by molar-refractivity contribution is 6.08. The van der Waals surface area contributed by atoms with Gasteiger partial charge in [0.25, 0.3) is 5.91 Å². The number of benzene rings is 4. The maximum atomic E-state index is 14.2. The Kier molecular flexibility index (Phi) is 6.95. The standard InChI is InChI=1S/C38H28N4O3/c39-22-25-3-7-28(8-4-25)32-20-30-15-19-42(24-26-5-9-27(10-6-26)31-2-1-18-40-23-31)35(30)34(21-32)36(43)41-38(16-17-38)33-13-11-29(12-14-33)37(44)45/h1-15,18-21,23H,16-17,24H2,(H,41,43)(H,44,45). The van der Waals surface area contributed by atoms with Crippen LogP contribution in [0.15, 0.2) is 122 Å². The number of pyridine rings is 1. The van der Waals surface area contributed by atoms with Gasteiger partial charge in [0.1, 0.15) is 0 Å². The molecule has 7 nitrogen and oxygen atoms in total. The van der Waals surface area contributed by atoms with Gasteiger partial charge in [-0.2, -0.15) is 5.26 Å². The van der Waals surface area contributed by atoms with Crippen molar-refractivity contribution in [2.75, 3.05) is 0 Å². The molecule has 2 aromatic heterocycles. The molecule has 1 aliphatic rings. The monoisotopic (exact) mass is 588 g/mol. The van der Waals surface area contributed by atoms with Gasteiger partial charge in [0.15, 0.2) is 0 Å². The van der Waals surface area contributed by atoms with Crippen LogP contribution in [0, 0.1) is 11.3 Å². The van der Waals surface area contributed by atoms with Crippen LogP contribution in [0.2, 0.25) is 0 Å². The highest BCUT2D eigenvalue weighted by atomic mass is 16.4. The van der Waals surface area contributed by atoms with Crippen LogP contribution in [-0.2, 0) is 12.1 Å². The molecule has 0 atom stereocenters. The van der Waals surface area contributed by atoms with E-state index in [0.29, 0.717) is 17.7 Å². The molecule has 0 spiro atoms. The van der Waals surface area contributed by atoms with E-state index in [9.17, 15) is 20.0 Å². The number of carboxylic acid groups (broad SMARTS) is 1. The summed E-state index contributed by atoms with van der Waals surface area (Å²) in [6.45, 7) is 0.578. The van der Waals surface area contributed by atoms with E-state index < -0.39 is 11.5 Å². The first-order chi connectivity index (χ1) is 21.9. The van der Waals surface area contributed by atoms with Crippen LogP contribution in [0.25, 0.3) is 33.2 Å². The van der Waals surface area contributed by atoms with Gasteiger partial charge in [-0.1, -0.05) is 54.6 Å². The number of fused-ring (bicyclic) bond motifs is 1. The Morgan fingerprint density at radius 3 is 2.22 bits per heavy atom. The molecule has 0 radical (unpaired) electrons. The number of nitrogens with one attached hydrogen (secondary N) is 1. The first-order valence-electron chi connectivity index (χ1n) is 14.7. The Hall–Kier alpha value is -6.00. The van der Waals surface area contributed by atoms with Crippen molar-refractivity contribution in [1.82, 2.24) is 14.9 Å². The van der Waals surface area contributed by atoms with E-state index >= 15 is 0 Å². The number of hydrogen-bond acceptors (Lipinski definition) is 4. The molecule has 1 fully saturated rings. The Balaban J connectivity index is 1.25. The fraction of sp³-hybridized carbons (Fsp3) is 0.105. The van der Waals surface area contributed by atoms with Crippen molar-refractivity contribution in [3.8, 4) is 28.3 Å². The summed E-state index contributed by atoms with van der Waals surface area (Å²) in [6, 6.07) is 34.6. The van der Waals surface area contributed by atoms with E-state index in [1.165, 1.54) is 0 Å². The Bertz CT molecular complexity index is 2090. The van der Waals surface area contributed by atoms with E-state index in [2.05, 4.69) is 51.3 Å². The topological polar surface area (TPSA) is 108 Å². The van der Waals surface area contributed by atoms with Gasteiger partial charge in [-0.3, -0.25) is 9.78 Å². The molecule has 7 heteroatoms. The van der Waals surface area contributed by atoms with Crippen LogP contribution in [0.3, 0.4) is 0 Å². The summed E-state index contributed by atoms with van der Waals surface area (Å²) >= 11 is 0. The summed E-state index contributed by atoms with van der Waals surface area (Å²) in [6.07, 6.45) is 7.16. The zero-order valence-electron chi connectivity index (χ0n) is 24.3. The number of aromatic nitrogens is 2. The summed E-state index contributed by atoms with van der Waals surface area (Å²) in [4.78, 5) is 29.8. The van der Waals surface area contributed by atoms with Crippen LogP contribution in [0.4, 0.5) is 0 Å². The number of aromatic carboxylic acids is 1. The molecule has 1 saturated carbocycles. The number of carbonyl (C=O) groups excluding carboxylic acids is 1. The van der Waals surface area contributed by atoms with Crippen molar-refractivity contribution in [3.63, 3.8) is 0 Å². The summed E-state index contributed by atoms with van der Waals surface area (Å²) in [5.74, 6) is -1.17. The highest BCUT2D eigenvalue weighted by Gasteiger charge is 2.46. The quantitative estimate of drug-likeness (QED) is 0.193. The molecule has 7 rings (SSSR count). The molecule has 0 unspecified atom stereocenters. The first-order valence-corrected chi connectivity index (χ1v) is 14.7. The van der Waals surface area contributed by atoms with E-state index in [4.69, 9.17) is 0 Å². The van der Waals surface area contributed by atoms with Gasteiger partial charge in [-0.15, -0.1) is 0 Å². The van der Waals surface area contributed by atoms with Crippen molar-refractivity contribution in [3.05, 3.63) is 150 Å². The molecule has 1 aliphatic carbocycles. The molecule has 1 amide bonds. The molecule has 0 saturated heterocycles. The number of carbonyl (C=O) groups is 2. The average Bonchev–Trinajstić information content (AvgIpc) is 3.76. The van der Waals surface area contributed by atoms with Crippen LogP contribution in [-0.4, -0.2) is 26.5 Å². The van der Waals surface area contributed by atoms with Gasteiger partial charge in [0, 0.05) is 30.5 Å². The number of nitriles is 1. The molecule has 0 bridgehead atoms. The van der Waals surface area contributed by atoms with Crippen molar-refractivity contribution in [2.24, 2.45) is 0 Å². The minimum atomic E-state index is -0.982. The summed E-state index contributed by atoms with van der Waals surface area (Å²) in [5, 5.41) is 22.8. The van der Waals surface area contributed by atoms with Gasteiger partial charge >= 0.3 is 5.97 Å². The Morgan fingerprint density at radius 1 is 0.867 bits per heavy atom. The molecule has 218 valence electrons. The van der Waals surface area contributed by atoms with Crippen LogP contribution in [0.1, 0.15) is 50.2 Å². The fourth-order valence-electron chi connectivity index (χ4n) is 5.92. The maximum Gasteiger partial charge on any atom is 0.335 e. The van der Waals surface area contributed by atoms with Crippen molar-refractivity contribution < 1.29 is 14.7 Å². The first kappa shape index (κ1) is 27.8. The minimum Gasteiger partial charge on any atom is -0.478 e. The van der Waals surface area contributed by atoms with Crippen molar-refractivity contribution in [2.45, 2.75) is 24.9 Å². The molecular formula is C38H28N4O3. The van der Waals surface area contributed by atoms with E-state index in [1.807, 2.05) is 48.8 Å². The minimum absolute atomic E-state index is 0.192. The van der Waals surface area contributed by atoms with Gasteiger partial charge in [-0.05, 0) is 94.8 Å². The van der Waals surface area contributed by atoms with E-state index in [1.54, 1.807) is 42.6 Å². The number of carboxylic acids is 1. The predicted octanol–water partition coefficient (Wildman–Crippen LogP) is 7.41. The lowest BCUT2D eigenvalue weighted by Crippen LogP contribution is -2.35. The van der Waals surface area contributed by atoms with Gasteiger partial charge in [0.2, 0.25) is 0 Å². The van der Waals surface area contributed by atoms with Crippen LogP contribution >= 0.6 is 0 Å². The lowest BCUT2D eigenvalue weighted by atomic mass is 9.98. The van der Waals surface area contributed by atoms with Crippen LogP contribution < -0.4 is 5.32 Å². The second-order valence-electron chi connectivity index (χ2n) is 11.5. The third-order valence-corrected chi connectivity index (χ3v) is 8.54. The molecule has 6 aromatic rings. The SMILES string of the molecule is N#Cc1ccc(-c2cc(C(=O)NC3(c4ccc(C(=O)O)cc4)CC3)c3c(ccn3Cc3ccc(-c4cccnc4)cc3)c2)cc1. The van der Waals surface area contributed by atoms with Gasteiger partial charge in [0.05, 0.1) is 33.8 Å². The molecular weight excluding hydrogens is 560 g/mol. The average molecular weight is 589 g/mol. The van der Waals surface area contributed by atoms with E-state index in [-0.39, 0.29) is 11.5 Å². The van der Waals surface area contributed by atoms with Crippen LogP contribution in [0.5, 0.6) is 0 Å². The number of amides is 1. The number of rotatable bonds is 8. The molecule has 4 aromatic carbocycles. The maximum absolute atomic E-state index is 14.2.